The molecule has 0 fully saturated rings. The van der Waals surface area contributed by atoms with E-state index >= 15 is 0 Å². The number of hydrogen-bond donors (Lipinski definition) is 2. The maximum atomic E-state index is 12.0. The molecule has 0 spiro atoms. The summed E-state index contributed by atoms with van der Waals surface area (Å²) in [7, 11) is 0. The second-order valence-corrected chi connectivity index (χ2v) is 6.49. The van der Waals surface area contributed by atoms with E-state index in [-0.39, 0.29) is 11.0 Å². The molecule has 3 nitrogen and oxygen atoms in total. The fourth-order valence-corrected chi connectivity index (χ4v) is 3.54. The van der Waals surface area contributed by atoms with Crippen molar-refractivity contribution >= 4 is 60.8 Å². The zero-order valence-electron chi connectivity index (χ0n) is 11.1. The summed E-state index contributed by atoms with van der Waals surface area (Å²) in [6, 6.07) is 12.9. The summed E-state index contributed by atoms with van der Waals surface area (Å²) < 4.78 is 1.73. The van der Waals surface area contributed by atoms with Crippen LogP contribution < -0.4 is 10.6 Å². The first kappa shape index (κ1) is 16.1. The lowest BCUT2D eigenvalue weighted by atomic mass is 10.2. The van der Waals surface area contributed by atoms with Crippen LogP contribution in [0.3, 0.4) is 0 Å². The van der Waals surface area contributed by atoms with Crippen LogP contribution >= 0.6 is 44.1 Å². The van der Waals surface area contributed by atoms with Gasteiger partial charge in [-0.2, -0.15) is 0 Å². The van der Waals surface area contributed by atoms with Gasteiger partial charge in [0.1, 0.15) is 0 Å². The fourth-order valence-electron chi connectivity index (χ4n) is 1.73. The molecule has 0 aliphatic carbocycles. The van der Waals surface area contributed by atoms with Gasteiger partial charge in [-0.25, -0.2) is 0 Å². The predicted molar refractivity (Wildman–Crippen MR) is 96.7 cm³/mol. The number of thiocarbonyl (C=S) groups is 1. The largest absolute Gasteiger partial charge is 0.331 e. The molecule has 0 bridgehead atoms. The van der Waals surface area contributed by atoms with Gasteiger partial charge in [-0.1, -0.05) is 18.2 Å². The number of anilines is 1. The summed E-state index contributed by atoms with van der Waals surface area (Å²) in [5.74, 6) is -0.243. The quantitative estimate of drug-likeness (QED) is 0.685. The second kappa shape index (κ2) is 7.15. The lowest BCUT2D eigenvalue weighted by molar-refractivity contribution is 0.0978. The lowest BCUT2D eigenvalue weighted by Gasteiger charge is -2.13. The number of nitrogens with one attached hydrogen (secondary N) is 2. The number of rotatable bonds is 2. The Balaban J connectivity index is 2.08. The Morgan fingerprint density at radius 2 is 1.67 bits per heavy atom. The van der Waals surface area contributed by atoms with Crippen LogP contribution in [0.5, 0.6) is 0 Å². The van der Waals surface area contributed by atoms with Gasteiger partial charge in [-0.3, -0.25) is 10.1 Å². The van der Waals surface area contributed by atoms with E-state index in [2.05, 4.69) is 42.5 Å². The van der Waals surface area contributed by atoms with Gasteiger partial charge in [0.25, 0.3) is 5.91 Å². The monoisotopic (exact) mass is 426 g/mol. The first-order valence-corrected chi connectivity index (χ1v) is 8.10. The molecule has 1 amide bonds. The Morgan fingerprint density at radius 3 is 2.24 bits per heavy atom. The second-order valence-electron chi connectivity index (χ2n) is 4.38. The minimum absolute atomic E-state index is 0.243. The summed E-state index contributed by atoms with van der Waals surface area (Å²) >= 11 is 12.1. The van der Waals surface area contributed by atoms with E-state index in [1.807, 2.05) is 25.1 Å². The molecule has 0 aromatic heterocycles. The van der Waals surface area contributed by atoms with Crippen molar-refractivity contribution in [3.63, 3.8) is 0 Å². The fraction of sp³-hybridized carbons (Fsp3) is 0.0667. The zero-order chi connectivity index (χ0) is 15.4. The van der Waals surface area contributed by atoms with E-state index in [4.69, 9.17) is 12.2 Å². The molecule has 0 aliphatic rings. The molecule has 0 heterocycles. The third-order valence-corrected chi connectivity index (χ3v) is 4.14. The molecule has 2 N–H and O–H groups in total. The summed E-state index contributed by atoms with van der Waals surface area (Å²) in [6.45, 7) is 1.99. The van der Waals surface area contributed by atoms with Crippen LogP contribution in [0.15, 0.2) is 51.4 Å². The SMILES string of the molecule is Cc1cc(Br)c(NC(=S)NC(=O)c2ccccc2)c(Br)c1. The molecule has 0 aliphatic heterocycles. The molecule has 0 atom stereocenters. The van der Waals surface area contributed by atoms with Gasteiger partial charge in [-0.05, 0) is 80.8 Å². The number of carbonyl (C=O) groups excluding carboxylic acids is 1. The summed E-state index contributed by atoms with van der Waals surface area (Å²) in [6.07, 6.45) is 0. The number of halogens is 2. The molecule has 0 saturated heterocycles. The van der Waals surface area contributed by atoms with Crippen LogP contribution in [0.1, 0.15) is 15.9 Å². The maximum Gasteiger partial charge on any atom is 0.257 e. The van der Waals surface area contributed by atoms with Gasteiger partial charge in [0.15, 0.2) is 5.11 Å². The third-order valence-electron chi connectivity index (χ3n) is 2.69. The Kier molecular flexibility index (Phi) is 5.50. The van der Waals surface area contributed by atoms with Crippen molar-refractivity contribution in [2.24, 2.45) is 0 Å². The topological polar surface area (TPSA) is 41.1 Å². The highest BCUT2D eigenvalue weighted by atomic mass is 79.9. The number of amides is 1. The number of aryl methyl sites for hydroxylation is 1. The zero-order valence-corrected chi connectivity index (χ0v) is 15.1. The van der Waals surface area contributed by atoms with Crippen molar-refractivity contribution in [2.45, 2.75) is 6.92 Å². The molecule has 0 saturated carbocycles. The van der Waals surface area contributed by atoms with E-state index in [1.54, 1.807) is 24.3 Å². The van der Waals surface area contributed by atoms with E-state index in [1.165, 1.54) is 0 Å². The van der Waals surface area contributed by atoms with Gasteiger partial charge in [0.05, 0.1) is 5.69 Å². The van der Waals surface area contributed by atoms with Gasteiger partial charge in [0.2, 0.25) is 0 Å². The van der Waals surface area contributed by atoms with Crippen molar-refractivity contribution in [1.82, 2.24) is 5.32 Å². The lowest BCUT2D eigenvalue weighted by Crippen LogP contribution is -2.34. The predicted octanol–water partition coefficient (Wildman–Crippen LogP) is 4.65. The molecular weight excluding hydrogens is 416 g/mol. The standard InChI is InChI=1S/C15H12Br2N2OS/c1-9-7-11(16)13(12(17)8-9)18-15(21)19-14(20)10-5-3-2-4-6-10/h2-8H,1H3,(H2,18,19,20,21). The molecule has 2 aromatic carbocycles. The first-order chi connectivity index (χ1) is 9.97. The Hall–Kier alpha value is -1.24. The Morgan fingerprint density at radius 1 is 1.10 bits per heavy atom. The average molecular weight is 428 g/mol. The first-order valence-electron chi connectivity index (χ1n) is 6.10. The number of hydrogen-bond acceptors (Lipinski definition) is 2. The highest BCUT2D eigenvalue weighted by molar-refractivity contribution is 9.11. The van der Waals surface area contributed by atoms with Crippen molar-refractivity contribution in [2.75, 3.05) is 5.32 Å². The van der Waals surface area contributed by atoms with Crippen LogP contribution in [0.4, 0.5) is 5.69 Å². The Bertz CT molecular complexity index is 666. The minimum Gasteiger partial charge on any atom is -0.331 e. The van der Waals surface area contributed by atoms with Crippen LogP contribution in [0.2, 0.25) is 0 Å². The van der Waals surface area contributed by atoms with E-state index in [0.29, 0.717) is 5.56 Å². The highest BCUT2D eigenvalue weighted by Crippen LogP contribution is 2.32. The molecular formula is C15H12Br2N2OS. The molecule has 2 rings (SSSR count). The maximum absolute atomic E-state index is 12.0. The van der Waals surface area contributed by atoms with Crippen LogP contribution in [-0.2, 0) is 0 Å². The molecule has 2 aromatic rings. The van der Waals surface area contributed by atoms with Gasteiger partial charge >= 0.3 is 0 Å². The Labute approximate surface area is 145 Å². The summed E-state index contributed by atoms with van der Waals surface area (Å²) in [4.78, 5) is 12.0. The van der Waals surface area contributed by atoms with Crippen LogP contribution in [0.25, 0.3) is 0 Å². The number of benzene rings is 2. The third kappa shape index (κ3) is 4.36. The minimum atomic E-state index is -0.243. The van der Waals surface area contributed by atoms with Crippen LogP contribution in [-0.4, -0.2) is 11.0 Å². The van der Waals surface area contributed by atoms with Crippen molar-refractivity contribution < 1.29 is 4.79 Å². The smallest absolute Gasteiger partial charge is 0.257 e. The normalized spacial score (nSPS) is 10.0. The van der Waals surface area contributed by atoms with Crippen molar-refractivity contribution in [3.05, 3.63) is 62.5 Å². The van der Waals surface area contributed by atoms with Crippen LogP contribution in [0, 0.1) is 6.92 Å². The summed E-state index contributed by atoms with van der Waals surface area (Å²) in [5.41, 5.74) is 2.45. The molecule has 21 heavy (non-hydrogen) atoms. The van der Waals surface area contributed by atoms with E-state index in [9.17, 15) is 4.79 Å². The van der Waals surface area contributed by atoms with E-state index in [0.717, 1.165) is 20.2 Å². The van der Waals surface area contributed by atoms with Gasteiger partial charge in [-0.15, -0.1) is 0 Å². The average Bonchev–Trinajstić information content (AvgIpc) is 2.43. The molecule has 0 radical (unpaired) electrons. The molecule has 6 heteroatoms. The van der Waals surface area contributed by atoms with Gasteiger partial charge in [0, 0.05) is 14.5 Å². The number of carbonyl (C=O) groups is 1. The van der Waals surface area contributed by atoms with Gasteiger partial charge < -0.3 is 5.32 Å². The van der Waals surface area contributed by atoms with Crippen molar-refractivity contribution in [3.8, 4) is 0 Å². The highest BCUT2D eigenvalue weighted by Gasteiger charge is 2.11. The summed E-state index contributed by atoms with van der Waals surface area (Å²) in [5, 5.41) is 5.91. The molecule has 108 valence electrons. The van der Waals surface area contributed by atoms with Crippen molar-refractivity contribution in [1.29, 1.82) is 0 Å². The van der Waals surface area contributed by atoms with E-state index < -0.39 is 0 Å². The molecule has 0 unspecified atom stereocenters.